The van der Waals surface area contributed by atoms with E-state index in [9.17, 15) is 0 Å². The third-order valence-electron chi connectivity index (χ3n) is 8.12. The number of nitrogens with zero attached hydrogens (tertiary/aromatic N) is 4. The molecular weight excluding hydrogens is 856 g/mol. The number of ether oxygens (including phenoxy) is 2. The molecule has 6 nitrogen and oxygen atoms in total. The third-order valence-corrected chi connectivity index (χ3v) is 18.9. The van der Waals surface area contributed by atoms with Gasteiger partial charge in [0.15, 0.2) is 0 Å². The number of hydrogen-bond donors (Lipinski definition) is 0. The van der Waals surface area contributed by atoms with E-state index in [-0.39, 0.29) is 72.3 Å². The van der Waals surface area contributed by atoms with Crippen LogP contribution in [0.15, 0.2) is 121 Å². The van der Waals surface area contributed by atoms with E-state index in [0.717, 1.165) is 22.3 Å². The van der Waals surface area contributed by atoms with Gasteiger partial charge in [0, 0.05) is 35.6 Å². The van der Waals surface area contributed by atoms with Crippen molar-refractivity contribution in [2.24, 2.45) is 0 Å². The molecule has 0 N–H and O–H groups in total. The van der Waals surface area contributed by atoms with Gasteiger partial charge in [-0.3, -0.25) is 0 Å². The van der Waals surface area contributed by atoms with Crippen molar-refractivity contribution < 1.29 is 45.1 Å². The minimum atomic E-state index is -1.11. The predicted molar refractivity (Wildman–Crippen MR) is 238 cm³/mol. The monoisotopic (exact) mass is 919 g/mol. The summed E-state index contributed by atoms with van der Waals surface area (Å²) < 4.78 is 22.7. The topological polar surface area (TPSA) is 74.9 Å². The summed E-state index contributed by atoms with van der Waals surface area (Å²) in [6, 6.07) is 41.5. The van der Waals surface area contributed by atoms with Gasteiger partial charge in [-0.25, -0.2) is 0 Å². The Bertz CT molecular complexity index is 1390. The van der Waals surface area contributed by atoms with E-state index in [2.05, 4.69) is 176 Å². The molecule has 2 heterocycles. The minimum Gasteiger partial charge on any atom is -0.668 e. The van der Waals surface area contributed by atoms with Crippen molar-refractivity contribution in [3.63, 3.8) is 0 Å². The smallest absolute Gasteiger partial charge is 0.0685 e. The molecule has 2 saturated heterocycles. The van der Waals surface area contributed by atoms with Crippen molar-refractivity contribution in [1.29, 1.82) is 0 Å². The molecule has 54 heavy (non-hydrogen) atoms. The van der Waals surface area contributed by atoms with E-state index in [4.69, 9.17) is 29.4 Å². The first-order valence-electron chi connectivity index (χ1n) is 19.2. The molecule has 0 bridgehead atoms. The van der Waals surface area contributed by atoms with Crippen LogP contribution >= 0.6 is 0 Å². The van der Waals surface area contributed by atoms with Crippen LogP contribution in [0.3, 0.4) is 0 Å². The summed E-state index contributed by atoms with van der Waals surface area (Å²) in [5, 5.41) is 10.2. The van der Waals surface area contributed by atoms with E-state index >= 15 is 0 Å². The Morgan fingerprint density at radius 1 is 0.407 bits per heavy atom. The molecule has 4 aromatic rings. The van der Waals surface area contributed by atoms with Gasteiger partial charge in [0.05, 0.1) is 12.2 Å². The Hall–Kier alpha value is -1.30. The van der Waals surface area contributed by atoms with Crippen LogP contribution in [0.4, 0.5) is 0 Å². The fourth-order valence-electron chi connectivity index (χ4n) is 7.12. The average Bonchev–Trinajstić information content (AvgIpc) is 3.69. The van der Waals surface area contributed by atoms with E-state index in [0.29, 0.717) is 6.42 Å². The first-order chi connectivity index (χ1) is 24.8. The summed E-state index contributed by atoms with van der Waals surface area (Å²) in [6.07, 6.45) is -0.228. The van der Waals surface area contributed by atoms with Crippen molar-refractivity contribution >= 4 is 32.9 Å². The van der Waals surface area contributed by atoms with E-state index in [1.807, 2.05) is 24.3 Å². The van der Waals surface area contributed by atoms with Crippen molar-refractivity contribution in [1.82, 2.24) is 0 Å². The molecule has 0 saturated carbocycles. The van der Waals surface area contributed by atoms with Crippen LogP contribution in [0, 0.1) is 35.6 Å². The van der Waals surface area contributed by atoms with Crippen molar-refractivity contribution in [2.75, 3.05) is 0 Å². The number of rotatable bonds is 10. The molecule has 2 aliphatic heterocycles. The molecule has 11 heteroatoms. The quantitative estimate of drug-likeness (QED) is 0.149. The summed E-state index contributed by atoms with van der Waals surface area (Å²) in [7, 11) is -4.42. The van der Waals surface area contributed by atoms with Crippen LogP contribution in [0.2, 0.25) is 78.6 Å². The predicted octanol–water partition coefficient (Wildman–Crippen LogP) is 13.9. The van der Waals surface area contributed by atoms with Gasteiger partial charge in [-0.2, -0.15) is 0 Å². The van der Waals surface area contributed by atoms with Gasteiger partial charge in [0.25, 0.3) is 0 Å². The molecule has 0 aromatic heterocycles. The Morgan fingerprint density at radius 2 is 0.648 bits per heavy atom. The van der Waals surface area contributed by atoms with E-state index in [1.165, 1.54) is 0 Å². The van der Waals surface area contributed by atoms with Crippen molar-refractivity contribution in [2.45, 2.75) is 122 Å². The molecule has 2 fully saturated rings. The standard InChI is InChI=1S/C31H28N2O2.2C6H18NSi2.La/c1-5-13-22(14-6-1)28-30(24-17-9-3-10-18-24)34-26(32-28)21-27-33-29(23-15-7-2-8-16-23)31(35-27)25-19-11-4-12-20-25;2*1-8(2,3)7-9(4,5)6;/h1-20,26-31H,21H2;2*1-6H3;/q-2;2*-1;/t26?,27?,28-,29-,30+,31+;;;/m0.../s1. The van der Waals surface area contributed by atoms with Crippen LogP contribution in [0.1, 0.15) is 53.0 Å². The zero-order valence-electron chi connectivity index (χ0n) is 34.9. The van der Waals surface area contributed by atoms with Crippen molar-refractivity contribution in [3.05, 3.63) is 164 Å². The first-order valence-corrected chi connectivity index (χ1v) is 32.9. The molecule has 0 aliphatic carbocycles. The molecule has 2 aliphatic rings. The van der Waals surface area contributed by atoms with Gasteiger partial charge in [0.1, 0.15) is 0 Å². The molecule has 6 atom stereocenters. The second kappa shape index (κ2) is 20.9. The molecular formula is C43H64LaN4O2Si4-4. The fourth-order valence-corrected chi connectivity index (χ4v) is 23.2. The van der Waals surface area contributed by atoms with Gasteiger partial charge in [-0.15, -0.1) is 0 Å². The second-order valence-electron chi connectivity index (χ2n) is 18.0. The molecule has 1 radical (unpaired) electrons. The average molecular weight is 920 g/mol. The normalized spacial score (nSPS) is 23.0. The summed E-state index contributed by atoms with van der Waals surface area (Å²) in [6.45, 7) is 27.6. The molecule has 6 rings (SSSR count). The van der Waals surface area contributed by atoms with Gasteiger partial charge in [-0.1, -0.05) is 256 Å². The van der Waals surface area contributed by atoms with Crippen LogP contribution in [0.5, 0.6) is 0 Å². The maximum atomic E-state index is 6.55. The zero-order chi connectivity index (χ0) is 38.9. The first kappa shape index (κ1) is 47.1. The Kier molecular flexibility index (Phi) is 18.2. The molecule has 4 aromatic carbocycles. The van der Waals surface area contributed by atoms with Crippen LogP contribution in [-0.4, -0.2) is 45.4 Å². The zero-order valence-corrected chi connectivity index (χ0v) is 42.5. The molecule has 291 valence electrons. The molecule has 0 spiro atoms. The van der Waals surface area contributed by atoms with Crippen LogP contribution in [0.25, 0.3) is 19.9 Å². The summed E-state index contributed by atoms with van der Waals surface area (Å²) in [4.78, 5) is 0. The van der Waals surface area contributed by atoms with Crippen LogP contribution < -0.4 is 0 Å². The largest absolute Gasteiger partial charge is 0.668 e. The SMILES string of the molecule is C[Si](C)(C)[N-][Si](C)(C)C.C[Si](C)(C)[N-][Si](C)(C)C.[La].c1ccc([C@H]2OC(CC3[N-][C@@H](c4ccccc4)[C@@H](c4ccccc4)O3)[N-][C@H]2c2ccccc2)cc1. The van der Waals surface area contributed by atoms with Gasteiger partial charge in [0.2, 0.25) is 0 Å². The van der Waals surface area contributed by atoms with Crippen molar-refractivity contribution in [3.8, 4) is 0 Å². The van der Waals surface area contributed by atoms with E-state index < -0.39 is 32.9 Å². The van der Waals surface area contributed by atoms with Gasteiger partial charge in [-0.05, 0) is 30.0 Å². The van der Waals surface area contributed by atoms with Crippen LogP contribution in [-0.2, 0) is 9.47 Å². The minimum absolute atomic E-state index is 0. The third kappa shape index (κ3) is 16.7. The maximum absolute atomic E-state index is 6.55. The second-order valence-corrected chi connectivity index (χ2v) is 37.2. The van der Waals surface area contributed by atoms with Gasteiger partial charge >= 0.3 is 0 Å². The molecule has 2 unspecified atom stereocenters. The Labute approximate surface area is 360 Å². The van der Waals surface area contributed by atoms with Gasteiger partial charge < -0.3 is 29.4 Å². The summed E-state index contributed by atoms with van der Waals surface area (Å²) in [5.41, 5.74) is 4.61. The summed E-state index contributed by atoms with van der Waals surface area (Å²) >= 11 is 0. The maximum Gasteiger partial charge on any atom is 0.0685 e. The Balaban J connectivity index is 0.000000345. The summed E-state index contributed by atoms with van der Waals surface area (Å²) in [5.74, 6) is 0. The van der Waals surface area contributed by atoms with E-state index in [1.54, 1.807) is 0 Å². The molecule has 0 amide bonds. The fraction of sp³-hybridized carbons (Fsp3) is 0.442. The number of hydrogen-bond acceptors (Lipinski definition) is 2. The Morgan fingerprint density at radius 3 is 0.870 bits per heavy atom. The number of benzene rings is 4.